The third-order valence-corrected chi connectivity index (χ3v) is 7.52. The van der Waals surface area contributed by atoms with E-state index in [1.165, 1.54) is 4.31 Å². The van der Waals surface area contributed by atoms with Crippen molar-refractivity contribution in [3.63, 3.8) is 0 Å². The number of carbonyl (C=O) groups excluding carboxylic acids is 1. The molecule has 29 heavy (non-hydrogen) atoms. The molecule has 1 N–H and O–H groups in total. The lowest BCUT2D eigenvalue weighted by Crippen LogP contribution is -2.50. The van der Waals surface area contributed by atoms with Crippen LogP contribution in [0.1, 0.15) is 18.1 Å². The molecule has 0 radical (unpaired) electrons. The predicted octanol–water partition coefficient (Wildman–Crippen LogP) is 3.26. The lowest BCUT2D eigenvalue weighted by Gasteiger charge is -2.33. The Kier molecular flexibility index (Phi) is 7.10. The molecule has 1 amide bonds. The molecule has 0 atom stereocenters. The van der Waals surface area contributed by atoms with Crippen LogP contribution in [0.5, 0.6) is 0 Å². The topological polar surface area (TPSA) is 69.7 Å². The van der Waals surface area contributed by atoms with Gasteiger partial charge < -0.3 is 5.32 Å². The van der Waals surface area contributed by atoms with Crippen LogP contribution in [0.25, 0.3) is 0 Å². The summed E-state index contributed by atoms with van der Waals surface area (Å²) < 4.78 is 27.9. The first-order chi connectivity index (χ1) is 13.8. The van der Waals surface area contributed by atoms with E-state index in [1.807, 2.05) is 30.0 Å². The highest BCUT2D eigenvalue weighted by Crippen LogP contribution is 2.22. The van der Waals surface area contributed by atoms with Crippen LogP contribution in [-0.2, 0) is 21.2 Å². The third-order valence-electron chi connectivity index (χ3n) is 5.14. The maximum absolute atomic E-state index is 12.8. The van der Waals surface area contributed by atoms with Crippen molar-refractivity contribution in [1.29, 1.82) is 0 Å². The van der Waals surface area contributed by atoms with Gasteiger partial charge in [0.05, 0.1) is 11.4 Å². The Morgan fingerprint density at radius 1 is 1.10 bits per heavy atom. The molecule has 2 aromatic rings. The normalized spacial score (nSPS) is 16.0. The zero-order valence-corrected chi connectivity index (χ0v) is 19.1. The summed E-state index contributed by atoms with van der Waals surface area (Å²) in [5, 5.41) is 3.03. The first-order valence-electron chi connectivity index (χ1n) is 9.67. The molecular weight excluding hydrogens is 454 g/mol. The number of nitrogens with one attached hydrogen (secondary N) is 1. The summed E-state index contributed by atoms with van der Waals surface area (Å²) >= 11 is 3.32. The molecule has 156 valence electrons. The number of halogens is 1. The van der Waals surface area contributed by atoms with Crippen molar-refractivity contribution in [2.24, 2.45) is 0 Å². The highest BCUT2D eigenvalue weighted by Gasteiger charge is 2.29. The van der Waals surface area contributed by atoms with Gasteiger partial charge in [-0.2, -0.15) is 4.31 Å². The molecule has 0 aliphatic carbocycles. The molecule has 1 heterocycles. The lowest BCUT2D eigenvalue weighted by molar-refractivity contribution is -0.117. The van der Waals surface area contributed by atoms with E-state index >= 15 is 0 Å². The van der Waals surface area contributed by atoms with Gasteiger partial charge in [0, 0.05) is 36.3 Å². The van der Waals surface area contributed by atoms with E-state index in [2.05, 4.69) is 28.2 Å². The fourth-order valence-electron chi connectivity index (χ4n) is 3.49. The number of hydrogen-bond donors (Lipinski definition) is 1. The van der Waals surface area contributed by atoms with Gasteiger partial charge in [0.15, 0.2) is 0 Å². The Hall–Kier alpha value is -1.74. The van der Waals surface area contributed by atoms with Crippen molar-refractivity contribution >= 4 is 37.5 Å². The summed E-state index contributed by atoms with van der Waals surface area (Å²) in [4.78, 5) is 14.8. The minimum Gasteiger partial charge on any atom is -0.324 e. The second-order valence-electron chi connectivity index (χ2n) is 7.15. The molecule has 8 heteroatoms. The van der Waals surface area contributed by atoms with Crippen molar-refractivity contribution in [2.45, 2.75) is 25.2 Å². The third kappa shape index (κ3) is 5.25. The molecule has 0 unspecified atom stereocenters. The number of carbonyl (C=O) groups is 1. The number of rotatable bonds is 6. The fraction of sp³-hybridized carbons (Fsp3) is 0.381. The predicted molar refractivity (Wildman–Crippen MR) is 119 cm³/mol. The molecule has 1 saturated heterocycles. The summed E-state index contributed by atoms with van der Waals surface area (Å²) in [5.74, 6) is -0.0719. The molecule has 1 fully saturated rings. The average molecular weight is 480 g/mol. The molecule has 1 aliphatic heterocycles. The Bertz CT molecular complexity index is 986. The number of nitrogens with zero attached hydrogens (tertiary/aromatic N) is 2. The molecule has 3 rings (SSSR count). The van der Waals surface area contributed by atoms with E-state index in [-0.39, 0.29) is 17.3 Å². The van der Waals surface area contributed by atoms with Crippen LogP contribution in [0.3, 0.4) is 0 Å². The molecule has 0 aromatic heterocycles. The zero-order valence-electron chi connectivity index (χ0n) is 16.7. The van der Waals surface area contributed by atoms with Crippen LogP contribution in [0.15, 0.2) is 51.8 Å². The van der Waals surface area contributed by atoms with Crippen LogP contribution in [-0.4, -0.2) is 56.3 Å². The minimum atomic E-state index is -3.52. The molecule has 6 nitrogen and oxygen atoms in total. The maximum atomic E-state index is 12.8. The summed E-state index contributed by atoms with van der Waals surface area (Å²) in [5.41, 5.74) is 3.04. The number of piperazine rings is 1. The van der Waals surface area contributed by atoms with Crippen LogP contribution < -0.4 is 5.32 Å². The quantitative estimate of drug-likeness (QED) is 0.689. The van der Waals surface area contributed by atoms with Gasteiger partial charge in [-0.1, -0.05) is 47.1 Å². The van der Waals surface area contributed by atoms with E-state index in [9.17, 15) is 13.2 Å². The number of benzene rings is 2. The van der Waals surface area contributed by atoms with E-state index < -0.39 is 10.0 Å². The summed E-state index contributed by atoms with van der Waals surface area (Å²) in [6.07, 6.45) is 0.851. The van der Waals surface area contributed by atoms with Gasteiger partial charge in [-0.3, -0.25) is 9.69 Å². The molecule has 0 saturated carbocycles. The largest absolute Gasteiger partial charge is 0.324 e. The van der Waals surface area contributed by atoms with Crippen LogP contribution in [0, 0.1) is 6.92 Å². The number of sulfonamides is 1. The van der Waals surface area contributed by atoms with Gasteiger partial charge in [0.1, 0.15) is 0 Å². The SMILES string of the molecule is CCc1cccc(C)c1NC(=O)CN1CCN(S(=O)(=O)c2cccc(Br)c2)CC1. The second kappa shape index (κ2) is 9.38. The molecule has 0 bridgehead atoms. The second-order valence-corrected chi connectivity index (χ2v) is 10.0. The Morgan fingerprint density at radius 3 is 2.45 bits per heavy atom. The number of anilines is 1. The minimum absolute atomic E-state index is 0.0719. The standard InChI is InChI=1S/C21H26BrN3O3S/c1-3-17-7-4-6-16(2)21(17)23-20(26)15-24-10-12-25(13-11-24)29(27,28)19-9-5-8-18(22)14-19/h4-9,14H,3,10-13,15H2,1-2H3,(H,23,26). The molecule has 1 aliphatic rings. The lowest BCUT2D eigenvalue weighted by atomic mass is 10.1. The summed E-state index contributed by atoms with van der Waals surface area (Å²) in [6.45, 7) is 6.08. The van der Waals surface area contributed by atoms with Crippen molar-refractivity contribution in [1.82, 2.24) is 9.21 Å². The first kappa shape index (κ1) is 22.0. The summed E-state index contributed by atoms with van der Waals surface area (Å²) in [7, 11) is -3.52. The van der Waals surface area contributed by atoms with Crippen LogP contribution in [0.4, 0.5) is 5.69 Å². The maximum Gasteiger partial charge on any atom is 0.243 e. The van der Waals surface area contributed by atoms with E-state index in [0.717, 1.165) is 27.7 Å². The highest BCUT2D eigenvalue weighted by atomic mass is 79.9. The van der Waals surface area contributed by atoms with Gasteiger partial charge in [0.2, 0.25) is 15.9 Å². The van der Waals surface area contributed by atoms with Gasteiger partial charge >= 0.3 is 0 Å². The number of para-hydroxylation sites is 1. The van der Waals surface area contributed by atoms with Crippen molar-refractivity contribution in [2.75, 3.05) is 38.0 Å². The Balaban J connectivity index is 1.58. The first-order valence-corrected chi connectivity index (χ1v) is 11.9. The number of aryl methyl sites for hydroxylation is 2. The Labute approximate surface area is 181 Å². The molecular formula is C21H26BrN3O3S. The van der Waals surface area contributed by atoms with Gasteiger partial charge in [-0.15, -0.1) is 0 Å². The van der Waals surface area contributed by atoms with Crippen molar-refractivity contribution < 1.29 is 13.2 Å². The van der Waals surface area contributed by atoms with Crippen LogP contribution in [0.2, 0.25) is 0 Å². The van der Waals surface area contributed by atoms with Gasteiger partial charge in [-0.05, 0) is 42.7 Å². The average Bonchev–Trinajstić information content (AvgIpc) is 2.70. The van der Waals surface area contributed by atoms with Gasteiger partial charge in [0.25, 0.3) is 0 Å². The smallest absolute Gasteiger partial charge is 0.243 e. The van der Waals surface area contributed by atoms with E-state index in [4.69, 9.17) is 0 Å². The summed E-state index contributed by atoms with van der Waals surface area (Å²) in [6, 6.07) is 12.7. The highest BCUT2D eigenvalue weighted by molar-refractivity contribution is 9.10. The molecule has 2 aromatic carbocycles. The molecule has 0 spiro atoms. The van der Waals surface area contributed by atoms with E-state index in [1.54, 1.807) is 24.3 Å². The zero-order chi connectivity index (χ0) is 21.0. The number of hydrogen-bond acceptors (Lipinski definition) is 4. The fourth-order valence-corrected chi connectivity index (χ4v) is 5.51. The monoisotopic (exact) mass is 479 g/mol. The van der Waals surface area contributed by atoms with Crippen molar-refractivity contribution in [3.05, 3.63) is 58.1 Å². The van der Waals surface area contributed by atoms with Crippen molar-refractivity contribution in [3.8, 4) is 0 Å². The Morgan fingerprint density at radius 2 is 1.79 bits per heavy atom. The van der Waals surface area contributed by atoms with E-state index in [0.29, 0.717) is 26.2 Å². The van der Waals surface area contributed by atoms with Crippen LogP contribution >= 0.6 is 15.9 Å². The van der Waals surface area contributed by atoms with Gasteiger partial charge in [-0.25, -0.2) is 8.42 Å². The number of amides is 1.